The molecule has 1 N–H and O–H groups in total. The predicted molar refractivity (Wildman–Crippen MR) is 99.6 cm³/mol. The summed E-state index contributed by atoms with van der Waals surface area (Å²) in [5.41, 5.74) is 3.93. The molecule has 5 heteroatoms. The number of hydrogen-bond acceptors (Lipinski definition) is 3. The van der Waals surface area contributed by atoms with Gasteiger partial charge in [0.25, 0.3) is 0 Å². The minimum Gasteiger partial charge on any atom is -0.250 e. The van der Waals surface area contributed by atoms with Crippen molar-refractivity contribution in [3.8, 4) is 11.4 Å². The van der Waals surface area contributed by atoms with Gasteiger partial charge < -0.3 is 0 Å². The first-order chi connectivity index (χ1) is 11.5. The molecule has 2 unspecified atom stereocenters. The number of H-pyrrole nitrogens is 1. The molecule has 0 saturated heterocycles. The van der Waals surface area contributed by atoms with Crippen molar-refractivity contribution in [1.29, 1.82) is 0 Å². The second-order valence-electron chi connectivity index (χ2n) is 7.47. The van der Waals surface area contributed by atoms with Crippen molar-refractivity contribution >= 4 is 18.4 Å². The summed E-state index contributed by atoms with van der Waals surface area (Å²) in [4.78, 5) is 0. The van der Waals surface area contributed by atoms with Crippen LogP contribution in [-0.4, -0.2) is 21.1 Å². The van der Waals surface area contributed by atoms with E-state index in [0.29, 0.717) is 16.1 Å². The minimum absolute atomic E-state index is 0.396. The Labute approximate surface area is 147 Å². The molecule has 2 atom stereocenters. The molecular weight excluding hydrogens is 316 g/mol. The standard InChI is InChI=1S/C19H22N4S/c1-12-6-4-5-7-15(12)17-21-22-18(24)23(17)20-11-13-8-9-14-10-16(13)19(14,2)3/h4-8,11,14,16H,9-10H2,1-3H3,(H,22,24)/b20-11+. The Hall–Kier alpha value is -2.01. The first-order valence-electron chi connectivity index (χ1n) is 8.46. The molecule has 1 aromatic heterocycles. The largest absolute Gasteiger partial charge is 0.250 e. The van der Waals surface area contributed by atoms with Crippen LogP contribution in [0, 0.1) is 28.9 Å². The van der Waals surface area contributed by atoms with E-state index in [1.54, 1.807) is 4.68 Å². The van der Waals surface area contributed by atoms with Crippen LogP contribution in [0.1, 0.15) is 32.3 Å². The van der Waals surface area contributed by atoms with Gasteiger partial charge in [0.1, 0.15) is 0 Å². The molecule has 3 aliphatic carbocycles. The van der Waals surface area contributed by atoms with E-state index in [1.807, 2.05) is 24.4 Å². The van der Waals surface area contributed by atoms with Crippen molar-refractivity contribution in [2.24, 2.45) is 22.4 Å². The average molecular weight is 338 g/mol. The molecule has 1 aromatic carbocycles. The second-order valence-corrected chi connectivity index (χ2v) is 7.86. The van der Waals surface area contributed by atoms with Crippen LogP contribution >= 0.6 is 12.2 Å². The molecule has 2 bridgehead atoms. The highest BCUT2D eigenvalue weighted by molar-refractivity contribution is 7.71. The zero-order valence-corrected chi connectivity index (χ0v) is 15.1. The Kier molecular flexibility index (Phi) is 3.57. The molecule has 3 aliphatic rings. The van der Waals surface area contributed by atoms with Crippen molar-refractivity contribution in [1.82, 2.24) is 14.9 Å². The first kappa shape index (κ1) is 15.5. The monoisotopic (exact) mass is 338 g/mol. The molecule has 4 nitrogen and oxygen atoms in total. The Balaban J connectivity index is 1.69. The van der Waals surface area contributed by atoms with Gasteiger partial charge in [-0.15, -0.1) is 0 Å². The molecule has 0 aliphatic heterocycles. The fraction of sp³-hybridized carbons (Fsp3) is 0.421. The van der Waals surface area contributed by atoms with Gasteiger partial charge in [-0.1, -0.05) is 44.2 Å². The zero-order valence-electron chi connectivity index (χ0n) is 14.3. The smallest absolute Gasteiger partial charge is 0.216 e. The van der Waals surface area contributed by atoms with Gasteiger partial charge >= 0.3 is 0 Å². The second kappa shape index (κ2) is 5.52. The van der Waals surface area contributed by atoms with Gasteiger partial charge in [-0.3, -0.25) is 0 Å². The number of nitrogens with zero attached hydrogens (tertiary/aromatic N) is 3. The topological polar surface area (TPSA) is 46.0 Å². The number of aromatic amines is 1. The lowest BCUT2D eigenvalue weighted by Crippen LogP contribution is -2.48. The van der Waals surface area contributed by atoms with Crippen LogP contribution in [0.5, 0.6) is 0 Å². The molecule has 24 heavy (non-hydrogen) atoms. The molecule has 1 heterocycles. The van der Waals surface area contributed by atoms with Crippen LogP contribution in [-0.2, 0) is 0 Å². The van der Waals surface area contributed by atoms with E-state index in [-0.39, 0.29) is 0 Å². The molecule has 124 valence electrons. The lowest BCUT2D eigenvalue weighted by Gasteiger charge is -2.55. The summed E-state index contributed by atoms with van der Waals surface area (Å²) in [5.74, 6) is 2.21. The maximum atomic E-state index is 5.38. The summed E-state index contributed by atoms with van der Waals surface area (Å²) in [6.45, 7) is 6.81. The number of allylic oxidation sites excluding steroid dienone is 2. The molecule has 1 fully saturated rings. The summed E-state index contributed by atoms with van der Waals surface area (Å²) in [6.07, 6.45) is 6.76. The van der Waals surface area contributed by atoms with Gasteiger partial charge in [-0.25, -0.2) is 5.10 Å². The molecular formula is C19H22N4S. The van der Waals surface area contributed by atoms with Gasteiger partial charge in [-0.2, -0.15) is 14.9 Å². The Morgan fingerprint density at radius 1 is 1.38 bits per heavy atom. The van der Waals surface area contributed by atoms with Crippen LogP contribution in [0.15, 0.2) is 41.0 Å². The Morgan fingerprint density at radius 2 is 2.17 bits per heavy atom. The average Bonchev–Trinajstić information content (AvgIpc) is 2.94. The van der Waals surface area contributed by atoms with Gasteiger partial charge in [0.05, 0.1) is 6.21 Å². The van der Waals surface area contributed by atoms with Crippen molar-refractivity contribution < 1.29 is 0 Å². The third-order valence-electron chi connectivity index (χ3n) is 5.87. The lowest BCUT2D eigenvalue weighted by atomic mass is 9.49. The summed E-state index contributed by atoms with van der Waals surface area (Å²) >= 11 is 5.38. The van der Waals surface area contributed by atoms with E-state index in [2.05, 4.69) is 48.2 Å². The van der Waals surface area contributed by atoms with E-state index < -0.39 is 0 Å². The molecule has 0 radical (unpaired) electrons. The van der Waals surface area contributed by atoms with E-state index >= 15 is 0 Å². The van der Waals surface area contributed by atoms with E-state index in [1.165, 1.54) is 12.0 Å². The summed E-state index contributed by atoms with van der Waals surface area (Å²) in [7, 11) is 0. The number of rotatable bonds is 3. The van der Waals surface area contributed by atoms with Gasteiger partial charge in [0.2, 0.25) is 4.77 Å². The molecule has 0 amide bonds. The Morgan fingerprint density at radius 3 is 2.88 bits per heavy atom. The summed E-state index contributed by atoms with van der Waals surface area (Å²) in [6, 6.07) is 8.15. The van der Waals surface area contributed by atoms with Crippen molar-refractivity contribution in [2.75, 3.05) is 0 Å². The fourth-order valence-corrected chi connectivity index (χ4v) is 4.25. The Bertz CT molecular complexity index is 900. The van der Waals surface area contributed by atoms with Gasteiger partial charge in [-0.05, 0) is 60.4 Å². The molecule has 2 aromatic rings. The van der Waals surface area contributed by atoms with Crippen molar-refractivity contribution in [3.05, 3.63) is 46.2 Å². The number of nitrogens with one attached hydrogen (secondary N) is 1. The highest BCUT2D eigenvalue weighted by Crippen LogP contribution is 2.58. The maximum absolute atomic E-state index is 5.38. The number of benzene rings is 1. The maximum Gasteiger partial charge on any atom is 0.216 e. The zero-order chi connectivity index (χ0) is 16.9. The molecule has 1 saturated carbocycles. The van der Waals surface area contributed by atoms with Gasteiger partial charge in [0.15, 0.2) is 5.82 Å². The van der Waals surface area contributed by atoms with Crippen LogP contribution < -0.4 is 0 Å². The van der Waals surface area contributed by atoms with E-state index in [0.717, 1.165) is 29.3 Å². The quantitative estimate of drug-likeness (QED) is 0.649. The van der Waals surface area contributed by atoms with E-state index in [9.17, 15) is 0 Å². The lowest BCUT2D eigenvalue weighted by molar-refractivity contribution is -0.00126. The van der Waals surface area contributed by atoms with Gasteiger partial charge in [0, 0.05) is 5.56 Å². The predicted octanol–water partition coefficient (Wildman–Crippen LogP) is 4.74. The minimum atomic E-state index is 0.396. The van der Waals surface area contributed by atoms with Crippen LogP contribution in [0.2, 0.25) is 0 Å². The van der Waals surface area contributed by atoms with Crippen molar-refractivity contribution in [3.63, 3.8) is 0 Å². The third-order valence-corrected chi connectivity index (χ3v) is 6.13. The number of hydrogen-bond donors (Lipinski definition) is 1. The number of fused-ring (bicyclic) bond motifs is 1. The highest BCUT2D eigenvalue weighted by Gasteiger charge is 2.50. The van der Waals surface area contributed by atoms with Crippen molar-refractivity contribution in [2.45, 2.75) is 33.6 Å². The number of aromatic nitrogens is 3. The highest BCUT2D eigenvalue weighted by atomic mass is 32.1. The fourth-order valence-electron chi connectivity index (χ4n) is 4.07. The van der Waals surface area contributed by atoms with E-state index in [4.69, 9.17) is 12.2 Å². The van der Waals surface area contributed by atoms with Crippen LogP contribution in [0.25, 0.3) is 11.4 Å². The van der Waals surface area contributed by atoms with Crippen LogP contribution in [0.4, 0.5) is 0 Å². The molecule has 0 spiro atoms. The summed E-state index contributed by atoms with van der Waals surface area (Å²) in [5, 5.41) is 11.9. The normalized spacial score (nSPS) is 24.7. The third kappa shape index (κ3) is 2.30. The molecule has 5 rings (SSSR count). The van der Waals surface area contributed by atoms with Crippen LogP contribution in [0.3, 0.4) is 0 Å². The number of aryl methyl sites for hydroxylation is 1. The summed E-state index contributed by atoms with van der Waals surface area (Å²) < 4.78 is 2.25. The first-order valence-corrected chi connectivity index (χ1v) is 8.87. The SMILES string of the molecule is Cc1ccccc1-c1n[nH]c(=S)n1/N=C/C1=CCC2CC1C2(C)C.